The summed E-state index contributed by atoms with van der Waals surface area (Å²) in [5, 5.41) is 2.93. The topological polar surface area (TPSA) is 104 Å². The number of hydrogen-bond donors (Lipinski definition) is 2. The number of nitrogens with zero attached hydrogens (tertiary/aromatic N) is 3. The molecule has 3 aromatic carbocycles. The van der Waals surface area contributed by atoms with Gasteiger partial charge in [0.25, 0.3) is 5.91 Å². The quantitative estimate of drug-likeness (QED) is 0.375. The maximum absolute atomic E-state index is 14.2. The van der Waals surface area contributed by atoms with Crippen molar-refractivity contribution >= 4 is 33.9 Å². The van der Waals surface area contributed by atoms with Crippen molar-refractivity contribution in [2.45, 2.75) is 19.5 Å². The Kier molecular flexibility index (Phi) is 5.37. The second-order valence-electron chi connectivity index (χ2n) is 8.51. The van der Waals surface area contributed by atoms with Crippen molar-refractivity contribution in [3.05, 3.63) is 89.2 Å². The van der Waals surface area contributed by atoms with Crippen LogP contribution < -0.4 is 20.5 Å². The number of rotatable bonds is 6. The highest BCUT2D eigenvalue weighted by molar-refractivity contribution is 6.10. The number of aromatic nitrogens is 3. The Bertz CT molecular complexity index is 1630. The highest BCUT2D eigenvalue weighted by atomic mass is 19.1. The number of aryl methyl sites for hydroxylation is 2. The van der Waals surface area contributed by atoms with Crippen LogP contribution in [0.4, 0.5) is 10.2 Å². The predicted octanol–water partition coefficient (Wildman–Crippen LogP) is 4.21. The summed E-state index contributed by atoms with van der Waals surface area (Å²) >= 11 is 0. The first kappa shape index (κ1) is 21.8. The molecule has 1 amide bonds. The fraction of sp³-hybridized carbons (Fsp3) is 0.148. The number of para-hydroxylation sites is 2. The lowest BCUT2D eigenvalue weighted by molar-refractivity contribution is 0.0953. The van der Waals surface area contributed by atoms with Crippen molar-refractivity contribution in [2.24, 2.45) is 0 Å². The summed E-state index contributed by atoms with van der Waals surface area (Å²) in [4.78, 5) is 22.8. The highest BCUT2D eigenvalue weighted by Crippen LogP contribution is 2.33. The van der Waals surface area contributed by atoms with Crippen LogP contribution in [0.3, 0.4) is 0 Å². The van der Waals surface area contributed by atoms with Crippen LogP contribution >= 0.6 is 0 Å². The molecule has 6 rings (SSSR count). The van der Waals surface area contributed by atoms with E-state index in [1.165, 1.54) is 6.07 Å². The van der Waals surface area contributed by atoms with Gasteiger partial charge in [-0.25, -0.2) is 14.4 Å². The Balaban J connectivity index is 1.36. The van der Waals surface area contributed by atoms with Crippen LogP contribution in [0.2, 0.25) is 0 Å². The van der Waals surface area contributed by atoms with E-state index in [0.29, 0.717) is 52.2 Å². The number of nitrogen functional groups attached to an aromatic ring is 1. The number of benzene rings is 3. The molecule has 0 fully saturated rings. The number of ether oxygens (including phenoxy) is 2. The molecule has 0 spiro atoms. The third-order valence-corrected chi connectivity index (χ3v) is 6.27. The van der Waals surface area contributed by atoms with Gasteiger partial charge in [-0.05, 0) is 47.9 Å². The van der Waals surface area contributed by atoms with Crippen LogP contribution in [-0.4, -0.2) is 27.2 Å². The molecule has 0 atom stereocenters. The Morgan fingerprint density at radius 1 is 1.00 bits per heavy atom. The predicted molar refractivity (Wildman–Crippen MR) is 133 cm³/mol. The van der Waals surface area contributed by atoms with E-state index >= 15 is 0 Å². The number of carbonyl (C=O) groups excluding carboxylic acids is 1. The van der Waals surface area contributed by atoms with Gasteiger partial charge >= 0.3 is 0 Å². The molecule has 1 aliphatic heterocycles. The molecule has 0 unspecified atom stereocenters. The number of amides is 1. The minimum absolute atomic E-state index is 0.181. The lowest BCUT2D eigenvalue weighted by Gasteiger charge is -2.09. The van der Waals surface area contributed by atoms with Gasteiger partial charge in [-0.1, -0.05) is 36.4 Å². The van der Waals surface area contributed by atoms with Gasteiger partial charge in [0.05, 0.1) is 11.0 Å². The largest absolute Gasteiger partial charge is 0.454 e. The summed E-state index contributed by atoms with van der Waals surface area (Å²) in [6.07, 6.45) is 0.382. The van der Waals surface area contributed by atoms with Crippen molar-refractivity contribution in [3.8, 4) is 11.5 Å². The minimum Gasteiger partial charge on any atom is -0.454 e. The van der Waals surface area contributed by atoms with E-state index in [1.54, 1.807) is 22.8 Å². The Labute approximate surface area is 205 Å². The number of fused-ring (bicyclic) bond motifs is 3. The molecule has 3 heterocycles. The average molecular weight is 484 g/mol. The molecule has 1 aliphatic rings. The van der Waals surface area contributed by atoms with E-state index < -0.39 is 0 Å². The molecule has 0 aliphatic carbocycles. The van der Waals surface area contributed by atoms with Crippen molar-refractivity contribution in [3.63, 3.8) is 0 Å². The van der Waals surface area contributed by atoms with Crippen LogP contribution in [0.5, 0.6) is 11.5 Å². The number of anilines is 1. The Morgan fingerprint density at radius 3 is 2.58 bits per heavy atom. The van der Waals surface area contributed by atoms with Crippen molar-refractivity contribution in [1.82, 2.24) is 19.9 Å². The number of carbonyl (C=O) groups is 1. The normalized spacial score (nSPS) is 12.4. The van der Waals surface area contributed by atoms with E-state index in [4.69, 9.17) is 25.2 Å². The second-order valence-corrected chi connectivity index (χ2v) is 8.51. The van der Waals surface area contributed by atoms with Gasteiger partial charge in [-0.15, -0.1) is 0 Å². The first-order valence-corrected chi connectivity index (χ1v) is 11.5. The van der Waals surface area contributed by atoms with Crippen molar-refractivity contribution in [1.29, 1.82) is 0 Å². The second kappa shape index (κ2) is 8.84. The third-order valence-electron chi connectivity index (χ3n) is 6.27. The fourth-order valence-electron chi connectivity index (χ4n) is 4.42. The van der Waals surface area contributed by atoms with E-state index in [0.717, 1.165) is 5.56 Å². The summed E-state index contributed by atoms with van der Waals surface area (Å²) in [7, 11) is 0. The Hall–Kier alpha value is -4.66. The van der Waals surface area contributed by atoms with Crippen LogP contribution in [-0.2, 0) is 19.5 Å². The molecule has 36 heavy (non-hydrogen) atoms. The summed E-state index contributed by atoms with van der Waals surface area (Å²) in [5.41, 5.74) is 10.4. The van der Waals surface area contributed by atoms with E-state index in [2.05, 4.69) is 5.32 Å². The number of hydrogen-bond acceptors (Lipinski definition) is 6. The zero-order valence-corrected chi connectivity index (χ0v) is 19.2. The van der Waals surface area contributed by atoms with Gasteiger partial charge in [-0.3, -0.25) is 4.79 Å². The molecule has 0 bridgehead atoms. The fourth-order valence-corrected chi connectivity index (χ4v) is 4.42. The first-order valence-electron chi connectivity index (χ1n) is 11.5. The standard InChI is InChI=1S/C27H22FN5O3/c28-18-6-2-1-5-17(18)11-12-33-25(29)23(24-26(33)32-20-8-4-3-7-19(20)31-24)27(34)30-14-16-9-10-21-22(13-16)36-15-35-21/h1-10,13H,11-12,14-15,29H2,(H,30,34). The lowest BCUT2D eigenvalue weighted by atomic mass is 10.1. The zero-order chi connectivity index (χ0) is 24.6. The van der Waals surface area contributed by atoms with E-state index in [-0.39, 0.29) is 36.4 Å². The van der Waals surface area contributed by atoms with Gasteiger partial charge in [0.2, 0.25) is 6.79 Å². The molecule has 0 radical (unpaired) electrons. The smallest absolute Gasteiger partial charge is 0.257 e. The molecule has 0 saturated carbocycles. The molecular formula is C27H22FN5O3. The van der Waals surface area contributed by atoms with Crippen LogP contribution in [0.15, 0.2) is 66.7 Å². The third kappa shape index (κ3) is 3.84. The average Bonchev–Trinajstić information content (AvgIpc) is 3.46. The SMILES string of the molecule is Nc1c(C(=O)NCc2ccc3c(c2)OCO3)c2nc3ccccc3nc2n1CCc1ccccc1F. The molecule has 0 saturated heterocycles. The van der Waals surface area contributed by atoms with Gasteiger partial charge in [0.1, 0.15) is 22.7 Å². The summed E-state index contributed by atoms with van der Waals surface area (Å²) in [6.45, 7) is 0.782. The van der Waals surface area contributed by atoms with E-state index in [1.807, 2.05) is 42.5 Å². The minimum atomic E-state index is -0.371. The van der Waals surface area contributed by atoms with E-state index in [9.17, 15) is 9.18 Å². The monoisotopic (exact) mass is 483 g/mol. The molecule has 3 N–H and O–H groups in total. The maximum atomic E-state index is 14.2. The molecule has 180 valence electrons. The maximum Gasteiger partial charge on any atom is 0.257 e. The molecule has 9 heteroatoms. The molecule has 2 aromatic heterocycles. The number of nitrogens with one attached hydrogen (secondary N) is 1. The lowest BCUT2D eigenvalue weighted by Crippen LogP contribution is -2.24. The summed E-state index contributed by atoms with van der Waals surface area (Å²) in [5.74, 6) is 0.896. The van der Waals surface area contributed by atoms with Gasteiger partial charge in [0.15, 0.2) is 17.1 Å². The van der Waals surface area contributed by atoms with Gasteiger partial charge < -0.3 is 25.1 Å². The summed E-state index contributed by atoms with van der Waals surface area (Å²) in [6, 6.07) is 19.5. The number of halogens is 1. The zero-order valence-electron chi connectivity index (χ0n) is 19.2. The van der Waals surface area contributed by atoms with Crippen molar-refractivity contribution < 1.29 is 18.7 Å². The first-order chi connectivity index (χ1) is 17.6. The van der Waals surface area contributed by atoms with Gasteiger partial charge in [0, 0.05) is 13.1 Å². The Morgan fingerprint density at radius 2 is 1.75 bits per heavy atom. The van der Waals surface area contributed by atoms with Gasteiger partial charge in [-0.2, -0.15) is 0 Å². The molecule has 8 nitrogen and oxygen atoms in total. The summed E-state index contributed by atoms with van der Waals surface area (Å²) < 4.78 is 26.7. The van der Waals surface area contributed by atoms with Crippen LogP contribution in [0.25, 0.3) is 22.2 Å². The highest BCUT2D eigenvalue weighted by Gasteiger charge is 2.24. The van der Waals surface area contributed by atoms with Crippen molar-refractivity contribution in [2.75, 3.05) is 12.5 Å². The number of nitrogens with two attached hydrogens (primary N) is 1. The molecule has 5 aromatic rings. The molecular weight excluding hydrogens is 461 g/mol. The van der Waals surface area contributed by atoms with Crippen LogP contribution in [0, 0.1) is 5.82 Å². The van der Waals surface area contributed by atoms with Crippen LogP contribution in [0.1, 0.15) is 21.5 Å².